The van der Waals surface area contributed by atoms with Gasteiger partial charge >= 0.3 is 0 Å². The maximum absolute atomic E-state index is 4.38. The molecule has 0 fully saturated rings. The van der Waals surface area contributed by atoms with Crippen molar-refractivity contribution in [1.29, 1.82) is 0 Å². The van der Waals surface area contributed by atoms with Crippen molar-refractivity contribution in [2.75, 3.05) is 13.6 Å². The minimum absolute atomic E-state index is 1.04. The fourth-order valence-electron chi connectivity index (χ4n) is 1.72. The Morgan fingerprint density at radius 3 is 3.06 bits per heavy atom. The second kappa shape index (κ2) is 5.98. The van der Waals surface area contributed by atoms with Crippen molar-refractivity contribution in [3.05, 3.63) is 46.7 Å². The fourth-order valence-corrected chi connectivity index (χ4v) is 2.11. The lowest BCUT2D eigenvalue weighted by molar-refractivity contribution is 0.724. The van der Waals surface area contributed by atoms with E-state index in [2.05, 4.69) is 44.7 Å². The molecule has 1 aromatic carbocycles. The Kier molecular flexibility index (Phi) is 4.34. The van der Waals surface area contributed by atoms with Gasteiger partial charge in [0.2, 0.25) is 0 Å². The lowest BCUT2D eigenvalue weighted by Crippen LogP contribution is -2.08. The number of aryl methyl sites for hydroxylation is 1. The maximum Gasteiger partial charge on any atom is 0.0656 e. The van der Waals surface area contributed by atoms with Crippen LogP contribution >= 0.6 is 15.9 Å². The second-order valence-electron chi connectivity index (χ2n) is 3.98. The van der Waals surface area contributed by atoms with Crippen molar-refractivity contribution in [3.63, 3.8) is 0 Å². The van der Waals surface area contributed by atoms with Crippen LogP contribution in [0, 0.1) is 0 Å². The molecule has 1 N–H and O–H groups in total. The average Bonchev–Trinajstić information content (AvgIpc) is 2.78. The molecule has 0 radical (unpaired) electrons. The predicted molar refractivity (Wildman–Crippen MR) is 73.5 cm³/mol. The van der Waals surface area contributed by atoms with Crippen molar-refractivity contribution >= 4 is 15.9 Å². The van der Waals surface area contributed by atoms with Crippen LogP contribution in [0.2, 0.25) is 0 Å². The first-order valence-corrected chi connectivity index (χ1v) is 6.53. The summed E-state index contributed by atoms with van der Waals surface area (Å²) in [7, 11) is 1.98. The summed E-state index contributed by atoms with van der Waals surface area (Å²) in [5.41, 5.74) is 2.36. The molecule has 0 spiro atoms. The lowest BCUT2D eigenvalue weighted by atomic mass is 10.2. The highest BCUT2D eigenvalue weighted by molar-refractivity contribution is 9.10. The normalized spacial score (nSPS) is 10.7. The molecule has 0 unspecified atom stereocenters. The Morgan fingerprint density at radius 1 is 1.41 bits per heavy atom. The van der Waals surface area contributed by atoms with Crippen LogP contribution < -0.4 is 5.32 Å². The number of aromatic nitrogens is 2. The molecule has 0 aliphatic carbocycles. The van der Waals surface area contributed by atoms with Crippen LogP contribution in [-0.2, 0) is 6.42 Å². The molecule has 3 nitrogen and oxygen atoms in total. The minimum atomic E-state index is 1.04. The third-order valence-corrected chi connectivity index (χ3v) is 3.09. The van der Waals surface area contributed by atoms with Crippen molar-refractivity contribution in [3.8, 4) is 5.69 Å². The Hall–Kier alpha value is -1.13. The molecular formula is C13H16BrN3. The van der Waals surface area contributed by atoms with Crippen LogP contribution in [-0.4, -0.2) is 23.4 Å². The summed E-state index contributed by atoms with van der Waals surface area (Å²) in [6.07, 6.45) is 6.24. The number of rotatable bonds is 5. The number of benzene rings is 1. The van der Waals surface area contributed by atoms with E-state index >= 15 is 0 Å². The summed E-state index contributed by atoms with van der Waals surface area (Å²) in [6, 6.07) is 8.14. The first-order valence-electron chi connectivity index (χ1n) is 5.73. The third kappa shape index (κ3) is 3.41. The third-order valence-electron chi connectivity index (χ3n) is 2.60. The highest BCUT2D eigenvalue weighted by Crippen LogP contribution is 2.15. The molecule has 17 heavy (non-hydrogen) atoms. The van der Waals surface area contributed by atoms with Gasteiger partial charge in [0.05, 0.1) is 11.9 Å². The Bertz CT molecular complexity index is 479. The van der Waals surface area contributed by atoms with Gasteiger partial charge in [-0.15, -0.1) is 0 Å². The van der Waals surface area contributed by atoms with Crippen molar-refractivity contribution in [2.24, 2.45) is 0 Å². The van der Waals surface area contributed by atoms with Crippen LogP contribution in [0.25, 0.3) is 5.69 Å². The minimum Gasteiger partial charge on any atom is -0.320 e. The van der Waals surface area contributed by atoms with Crippen LogP contribution in [0.3, 0.4) is 0 Å². The van der Waals surface area contributed by atoms with E-state index in [1.54, 1.807) is 0 Å². The first kappa shape index (κ1) is 12.3. The summed E-state index contributed by atoms with van der Waals surface area (Å²) < 4.78 is 2.99. The molecule has 2 rings (SSSR count). The monoisotopic (exact) mass is 293 g/mol. The molecule has 0 saturated heterocycles. The van der Waals surface area contributed by atoms with E-state index < -0.39 is 0 Å². The average molecular weight is 294 g/mol. The van der Waals surface area contributed by atoms with Gasteiger partial charge in [0.1, 0.15) is 0 Å². The maximum atomic E-state index is 4.38. The van der Waals surface area contributed by atoms with E-state index in [4.69, 9.17) is 0 Å². The smallest absolute Gasteiger partial charge is 0.0656 e. The molecule has 0 saturated carbocycles. The quantitative estimate of drug-likeness (QED) is 0.859. The highest BCUT2D eigenvalue weighted by atomic mass is 79.9. The molecule has 0 amide bonds. The summed E-state index contributed by atoms with van der Waals surface area (Å²) in [5.74, 6) is 0. The fraction of sp³-hybridized carbons (Fsp3) is 0.308. The van der Waals surface area contributed by atoms with E-state index in [-0.39, 0.29) is 0 Å². The molecule has 0 aliphatic rings. The van der Waals surface area contributed by atoms with Gasteiger partial charge < -0.3 is 5.32 Å². The standard InChI is InChI=1S/C13H16BrN3/c1-15-7-3-4-11-9-16-17(10-11)13-6-2-5-12(14)8-13/h2,5-6,8-10,15H,3-4,7H2,1H3. The van der Waals surface area contributed by atoms with E-state index in [9.17, 15) is 0 Å². The second-order valence-corrected chi connectivity index (χ2v) is 4.90. The largest absolute Gasteiger partial charge is 0.320 e. The zero-order chi connectivity index (χ0) is 12.1. The van der Waals surface area contributed by atoms with Crippen molar-refractivity contribution < 1.29 is 0 Å². The molecular weight excluding hydrogens is 278 g/mol. The van der Waals surface area contributed by atoms with E-state index in [0.29, 0.717) is 0 Å². The number of nitrogens with zero attached hydrogens (tertiary/aromatic N) is 2. The molecule has 0 atom stereocenters. The molecule has 4 heteroatoms. The molecule has 2 aromatic rings. The van der Waals surface area contributed by atoms with Crippen LogP contribution in [0.5, 0.6) is 0 Å². The Morgan fingerprint density at radius 2 is 2.29 bits per heavy atom. The zero-order valence-corrected chi connectivity index (χ0v) is 11.4. The van der Waals surface area contributed by atoms with Gasteiger partial charge in [-0.3, -0.25) is 0 Å². The number of hydrogen-bond donors (Lipinski definition) is 1. The SMILES string of the molecule is CNCCCc1cnn(-c2cccc(Br)c2)c1. The number of nitrogens with one attached hydrogen (secondary N) is 1. The van der Waals surface area contributed by atoms with Crippen molar-refractivity contribution in [2.45, 2.75) is 12.8 Å². The van der Waals surface area contributed by atoms with Gasteiger partial charge in [-0.2, -0.15) is 5.10 Å². The summed E-state index contributed by atoms with van der Waals surface area (Å²) >= 11 is 3.47. The van der Waals surface area contributed by atoms with Gasteiger partial charge in [0.15, 0.2) is 0 Å². The summed E-state index contributed by atoms with van der Waals surface area (Å²) in [5, 5.41) is 7.53. The van der Waals surface area contributed by atoms with Crippen molar-refractivity contribution in [1.82, 2.24) is 15.1 Å². The predicted octanol–water partition coefficient (Wildman–Crippen LogP) is 2.79. The van der Waals surface area contributed by atoms with Gasteiger partial charge in [0.25, 0.3) is 0 Å². The van der Waals surface area contributed by atoms with E-state index in [1.165, 1.54) is 5.56 Å². The highest BCUT2D eigenvalue weighted by Gasteiger charge is 2.01. The van der Waals surface area contributed by atoms with E-state index in [0.717, 1.165) is 29.5 Å². The summed E-state index contributed by atoms with van der Waals surface area (Å²) in [6.45, 7) is 1.04. The van der Waals surface area contributed by atoms with Crippen LogP contribution in [0.4, 0.5) is 0 Å². The first-order chi connectivity index (χ1) is 8.29. The van der Waals surface area contributed by atoms with E-state index in [1.807, 2.05) is 30.1 Å². The topological polar surface area (TPSA) is 29.9 Å². The van der Waals surface area contributed by atoms with Gasteiger partial charge in [-0.1, -0.05) is 22.0 Å². The Balaban J connectivity index is 2.07. The summed E-state index contributed by atoms with van der Waals surface area (Å²) in [4.78, 5) is 0. The Labute approximate surface area is 110 Å². The van der Waals surface area contributed by atoms with Crippen LogP contribution in [0.1, 0.15) is 12.0 Å². The number of hydrogen-bond acceptors (Lipinski definition) is 2. The van der Waals surface area contributed by atoms with Crippen LogP contribution in [0.15, 0.2) is 41.1 Å². The molecule has 0 bridgehead atoms. The molecule has 1 heterocycles. The van der Waals surface area contributed by atoms with Gasteiger partial charge in [-0.25, -0.2) is 4.68 Å². The molecule has 0 aliphatic heterocycles. The lowest BCUT2D eigenvalue weighted by Gasteiger charge is -2.01. The molecule has 1 aromatic heterocycles. The number of halogens is 1. The van der Waals surface area contributed by atoms with Gasteiger partial charge in [-0.05, 0) is 50.2 Å². The molecule has 90 valence electrons. The zero-order valence-electron chi connectivity index (χ0n) is 9.86. The van der Waals surface area contributed by atoms with Gasteiger partial charge in [0, 0.05) is 10.7 Å².